The standard InChI is InChI=1S/C20H26N4O3S3/c1-13-8-21-19(29-11-15-5-3-7-27-15)22-18(13)14-4-2-6-23(9-14)16(25)10-24-17(26)12-30-20(24)28/h8,14-15H,2-7,9-12H2,1H3/t14-,15+/m1/s1. The Morgan fingerprint density at radius 1 is 1.40 bits per heavy atom. The van der Waals surface area contributed by atoms with Gasteiger partial charge in [-0.3, -0.25) is 14.5 Å². The lowest BCUT2D eigenvalue weighted by molar-refractivity contribution is -0.136. The molecule has 0 spiro atoms. The number of ether oxygens (including phenoxy) is 1. The molecule has 7 nitrogen and oxygen atoms in total. The Kier molecular flexibility index (Phi) is 7.28. The van der Waals surface area contributed by atoms with Crippen LogP contribution in [0.1, 0.15) is 42.9 Å². The van der Waals surface area contributed by atoms with Gasteiger partial charge in [0.1, 0.15) is 10.9 Å². The Morgan fingerprint density at radius 2 is 2.27 bits per heavy atom. The second-order valence-corrected chi connectivity index (χ2v) is 10.5. The maximum atomic E-state index is 12.8. The Balaban J connectivity index is 1.39. The summed E-state index contributed by atoms with van der Waals surface area (Å²) in [5.74, 6) is 1.27. The lowest BCUT2D eigenvalue weighted by Crippen LogP contribution is -2.46. The topological polar surface area (TPSA) is 75.6 Å². The van der Waals surface area contributed by atoms with E-state index in [9.17, 15) is 9.59 Å². The number of carbonyl (C=O) groups excluding carboxylic acids is 2. The molecule has 3 aliphatic heterocycles. The van der Waals surface area contributed by atoms with Gasteiger partial charge in [0, 0.05) is 37.6 Å². The smallest absolute Gasteiger partial charge is 0.242 e. The summed E-state index contributed by atoms with van der Waals surface area (Å²) >= 11 is 8.17. The number of likely N-dealkylation sites (tertiary alicyclic amines) is 1. The van der Waals surface area contributed by atoms with Crippen molar-refractivity contribution < 1.29 is 14.3 Å². The first kappa shape index (κ1) is 22.0. The number of aromatic nitrogens is 2. The van der Waals surface area contributed by atoms with Gasteiger partial charge in [0.25, 0.3) is 0 Å². The van der Waals surface area contributed by atoms with Crippen molar-refractivity contribution in [3.8, 4) is 0 Å². The van der Waals surface area contributed by atoms with Crippen LogP contribution in [0.25, 0.3) is 0 Å². The Morgan fingerprint density at radius 3 is 3.00 bits per heavy atom. The highest BCUT2D eigenvalue weighted by Crippen LogP contribution is 2.30. The van der Waals surface area contributed by atoms with Gasteiger partial charge < -0.3 is 9.64 Å². The summed E-state index contributed by atoms with van der Waals surface area (Å²) in [7, 11) is 0. The van der Waals surface area contributed by atoms with Crippen molar-refractivity contribution in [2.75, 3.05) is 37.7 Å². The van der Waals surface area contributed by atoms with Gasteiger partial charge in [-0.15, -0.1) is 0 Å². The summed E-state index contributed by atoms with van der Waals surface area (Å²) in [5.41, 5.74) is 2.09. The number of piperidine rings is 1. The first-order chi connectivity index (χ1) is 14.5. The molecule has 10 heteroatoms. The summed E-state index contributed by atoms with van der Waals surface area (Å²) in [4.78, 5) is 37.4. The number of amides is 2. The van der Waals surface area contributed by atoms with Crippen LogP contribution in [0.5, 0.6) is 0 Å². The van der Waals surface area contributed by atoms with Crippen LogP contribution in [0.3, 0.4) is 0 Å². The molecule has 3 saturated heterocycles. The van der Waals surface area contributed by atoms with Gasteiger partial charge in [-0.2, -0.15) is 0 Å². The molecule has 0 unspecified atom stereocenters. The number of hydrogen-bond acceptors (Lipinski definition) is 8. The lowest BCUT2D eigenvalue weighted by Gasteiger charge is -2.34. The van der Waals surface area contributed by atoms with Gasteiger partial charge >= 0.3 is 0 Å². The van der Waals surface area contributed by atoms with Crippen molar-refractivity contribution in [1.82, 2.24) is 19.8 Å². The van der Waals surface area contributed by atoms with E-state index in [1.807, 2.05) is 18.0 Å². The van der Waals surface area contributed by atoms with Gasteiger partial charge in [-0.05, 0) is 38.2 Å². The summed E-state index contributed by atoms with van der Waals surface area (Å²) in [6.45, 7) is 4.26. The van der Waals surface area contributed by atoms with Crippen molar-refractivity contribution in [1.29, 1.82) is 0 Å². The molecule has 0 N–H and O–H groups in total. The van der Waals surface area contributed by atoms with E-state index in [1.54, 1.807) is 11.8 Å². The Labute approximate surface area is 190 Å². The van der Waals surface area contributed by atoms with Gasteiger partial charge in [-0.1, -0.05) is 35.7 Å². The molecule has 3 fully saturated rings. The van der Waals surface area contributed by atoms with Crippen molar-refractivity contribution in [2.45, 2.75) is 49.8 Å². The zero-order valence-corrected chi connectivity index (χ0v) is 19.5. The molecular weight excluding hydrogens is 440 g/mol. The maximum Gasteiger partial charge on any atom is 0.242 e. The molecular formula is C20H26N4O3S3. The third-order valence-electron chi connectivity index (χ3n) is 5.71. The van der Waals surface area contributed by atoms with Gasteiger partial charge in [0.15, 0.2) is 5.16 Å². The van der Waals surface area contributed by atoms with Gasteiger partial charge in [0.05, 0.1) is 17.6 Å². The monoisotopic (exact) mass is 466 g/mol. The zero-order chi connectivity index (χ0) is 21.1. The molecule has 30 heavy (non-hydrogen) atoms. The van der Waals surface area contributed by atoms with E-state index < -0.39 is 0 Å². The fourth-order valence-electron chi connectivity index (χ4n) is 4.06. The number of thioether (sulfide) groups is 2. The second-order valence-electron chi connectivity index (χ2n) is 7.88. The van der Waals surface area contributed by atoms with E-state index in [0.29, 0.717) is 29.3 Å². The number of carbonyl (C=O) groups is 2. The molecule has 1 aromatic rings. The third kappa shape index (κ3) is 5.15. The van der Waals surface area contributed by atoms with Crippen LogP contribution in [0, 0.1) is 6.92 Å². The molecule has 2 amide bonds. The first-order valence-electron chi connectivity index (χ1n) is 10.3. The van der Waals surface area contributed by atoms with E-state index in [0.717, 1.165) is 54.5 Å². The van der Waals surface area contributed by atoms with Crippen LogP contribution in [0.15, 0.2) is 11.4 Å². The molecule has 162 valence electrons. The van der Waals surface area contributed by atoms with Gasteiger partial charge in [0.2, 0.25) is 11.8 Å². The highest BCUT2D eigenvalue weighted by molar-refractivity contribution is 8.23. The van der Waals surface area contributed by atoms with Crippen LogP contribution in [0.4, 0.5) is 0 Å². The molecule has 2 atom stereocenters. The van der Waals surface area contributed by atoms with E-state index in [2.05, 4.69) is 4.98 Å². The molecule has 1 aromatic heterocycles. The predicted molar refractivity (Wildman–Crippen MR) is 122 cm³/mol. The van der Waals surface area contributed by atoms with E-state index in [1.165, 1.54) is 16.7 Å². The predicted octanol–water partition coefficient (Wildman–Crippen LogP) is 2.62. The second kappa shape index (κ2) is 9.93. The first-order valence-corrected chi connectivity index (χ1v) is 12.7. The molecule has 3 aliphatic rings. The Bertz CT molecular complexity index is 816. The van der Waals surface area contributed by atoms with Crippen LogP contribution in [-0.4, -0.2) is 79.8 Å². The fraction of sp³-hybridized carbons (Fsp3) is 0.650. The van der Waals surface area contributed by atoms with E-state index in [-0.39, 0.29) is 24.3 Å². The third-order valence-corrected chi connectivity index (χ3v) is 8.13. The SMILES string of the molecule is Cc1cnc(SC[C@@H]2CCCO2)nc1[C@@H]1CCCN(C(=O)CN2C(=O)CSC2=S)C1. The van der Waals surface area contributed by atoms with Crippen LogP contribution in [-0.2, 0) is 14.3 Å². The molecule has 0 saturated carbocycles. The lowest BCUT2D eigenvalue weighted by atomic mass is 9.92. The average Bonchev–Trinajstić information content (AvgIpc) is 3.38. The number of hydrogen-bond donors (Lipinski definition) is 0. The highest BCUT2D eigenvalue weighted by Gasteiger charge is 2.32. The number of aryl methyl sites for hydroxylation is 1. The maximum absolute atomic E-state index is 12.8. The molecule has 0 bridgehead atoms. The average molecular weight is 467 g/mol. The quantitative estimate of drug-likeness (QED) is 0.360. The molecule has 0 aliphatic carbocycles. The van der Waals surface area contributed by atoms with Crippen molar-refractivity contribution in [3.63, 3.8) is 0 Å². The van der Waals surface area contributed by atoms with Crippen molar-refractivity contribution in [2.24, 2.45) is 0 Å². The van der Waals surface area contributed by atoms with E-state index >= 15 is 0 Å². The van der Waals surface area contributed by atoms with Crippen molar-refractivity contribution in [3.05, 3.63) is 17.5 Å². The van der Waals surface area contributed by atoms with Crippen molar-refractivity contribution >= 4 is 51.9 Å². The summed E-state index contributed by atoms with van der Waals surface area (Å²) in [6, 6.07) is 0. The molecule has 0 aromatic carbocycles. The minimum atomic E-state index is -0.0773. The van der Waals surface area contributed by atoms with Gasteiger partial charge in [-0.25, -0.2) is 9.97 Å². The number of rotatable bonds is 6. The van der Waals surface area contributed by atoms with Crippen LogP contribution in [0.2, 0.25) is 0 Å². The largest absolute Gasteiger partial charge is 0.377 e. The van der Waals surface area contributed by atoms with Crippen LogP contribution < -0.4 is 0 Å². The Hall–Kier alpha value is -1.23. The number of thiocarbonyl (C=S) groups is 1. The summed E-state index contributed by atoms with van der Waals surface area (Å²) in [6.07, 6.45) is 6.33. The van der Waals surface area contributed by atoms with E-state index in [4.69, 9.17) is 21.9 Å². The van der Waals surface area contributed by atoms with Crippen LogP contribution >= 0.6 is 35.7 Å². The molecule has 4 rings (SSSR count). The minimum Gasteiger partial charge on any atom is -0.377 e. The highest BCUT2D eigenvalue weighted by atomic mass is 32.2. The molecule has 4 heterocycles. The normalized spacial score (nSPS) is 24.7. The number of nitrogens with zero attached hydrogens (tertiary/aromatic N) is 4. The summed E-state index contributed by atoms with van der Waals surface area (Å²) in [5, 5.41) is 0.777. The zero-order valence-electron chi connectivity index (χ0n) is 17.0. The summed E-state index contributed by atoms with van der Waals surface area (Å²) < 4.78 is 6.20. The molecule has 0 radical (unpaired) electrons. The minimum absolute atomic E-state index is 0.0439. The fourth-order valence-corrected chi connectivity index (χ4v) is 6.02.